The fraction of sp³-hybridized carbons (Fsp3) is 0.364. The molecule has 6 heteroatoms. The number of methoxy groups -OCH3 is 1. The van der Waals surface area contributed by atoms with E-state index in [9.17, 15) is 9.59 Å². The minimum Gasteiger partial charge on any atom is -0.497 e. The smallest absolute Gasteiger partial charge is 0.244 e. The number of amides is 1. The lowest BCUT2D eigenvalue weighted by molar-refractivity contribution is -0.134. The van der Waals surface area contributed by atoms with Gasteiger partial charge in [-0.1, -0.05) is 29.8 Å². The fourth-order valence-electron chi connectivity index (χ4n) is 3.47. The lowest BCUT2D eigenvalue weighted by atomic mass is 9.88. The maximum atomic E-state index is 12.7. The average molecular weight is 403 g/mol. The standard InChI is InChI=1S/C22H26N2O3.ClH/c1-15-3-5-16(6-4-15)20(23)22(26)24-13-11-18(12-14-24)21(25)17-7-9-19(27-2)10-8-17;/h3-10,18,20H,11-14,23H2,1-2H3;1H. The Morgan fingerprint density at radius 1 is 1.04 bits per heavy atom. The monoisotopic (exact) mass is 402 g/mol. The SMILES string of the molecule is COc1ccc(C(=O)C2CCN(C(=O)C(N)c3ccc(C)cc3)CC2)cc1.Cl. The number of nitrogens with two attached hydrogens (primary N) is 1. The van der Waals surface area contributed by atoms with E-state index in [-0.39, 0.29) is 30.0 Å². The summed E-state index contributed by atoms with van der Waals surface area (Å²) in [5.41, 5.74) is 8.81. The molecule has 0 spiro atoms. The van der Waals surface area contributed by atoms with Crippen LogP contribution in [0.1, 0.15) is 40.4 Å². The number of Topliss-reactive ketones (excluding diaryl/α,β-unsaturated/α-hetero) is 1. The minimum absolute atomic E-state index is 0. The second-order valence-corrected chi connectivity index (χ2v) is 7.08. The highest BCUT2D eigenvalue weighted by Crippen LogP contribution is 2.25. The zero-order chi connectivity index (χ0) is 19.4. The first-order valence-corrected chi connectivity index (χ1v) is 9.29. The number of rotatable bonds is 5. The number of carbonyl (C=O) groups excluding carboxylic acids is 2. The van der Waals surface area contributed by atoms with Crippen molar-refractivity contribution in [1.29, 1.82) is 0 Å². The molecule has 5 nitrogen and oxygen atoms in total. The Balaban J connectivity index is 0.00000280. The van der Waals surface area contributed by atoms with E-state index in [1.165, 1.54) is 0 Å². The number of likely N-dealkylation sites (tertiary alicyclic amines) is 1. The highest BCUT2D eigenvalue weighted by atomic mass is 35.5. The van der Waals surface area contributed by atoms with Crippen molar-refractivity contribution in [2.75, 3.05) is 20.2 Å². The Kier molecular flexibility index (Phi) is 7.61. The van der Waals surface area contributed by atoms with E-state index >= 15 is 0 Å². The molecule has 2 aromatic rings. The van der Waals surface area contributed by atoms with Crippen LogP contribution < -0.4 is 10.5 Å². The Morgan fingerprint density at radius 2 is 1.61 bits per heavy atom. The number of carbonyl (C=O) groups is 2. The second kappa shape index (κ2) is 9.71. The summed E-state index contributed by atoms with van der Waals surface area (Å²) >= 11 is 0. The first-order chi connectivity index (χ1) is 13.0. The van der Waals surface area contributed by atoms with E-state index in [0.717, 1.165) is 16.9 Å². The van der Waals surface area contributed by atoms with E-state index in [1.807, 2.05) is 31.2 Å². The van der Waals surface area contributed by atoms with Crippen molar-refractivity contribution in [2.24, 2.45) is 11.7 Å². The molecule has 2 N–H and O–H groups in total. The Labute approximate surface area is 172 Å². The Bertz CT molecular complexity index is 798. The molecular formula is C22H27ClN2O3. The van der Waals surface area contributed by atoms with Gasteiger partial charge in [0.15, 0.2) is 5.78 Å². The van der Waals surface area contributed by atoms with Gasteiger partial charge in [0, 0.05) is 24.6 Å². The van der Waals surface area contributed by atoms with Gasteiger partial charge in [-0.15, -0.1) is 12.4 Å². The lowest BCUT2D eigenvalue weighted by Gasteiger charge is -2.33. The number of ketones is 1. The lowest BCUT2D eigenvalue weighted by Crippen LogP contribution is -2.44. The number of aryl methyl sites for hydroxylation is 1. The molecule has 1 aliphatic rings. The van der Waals surface area contributed by atoms with Gasteiger partial charge in [0.25, 0.3) is 0 Å². The average Bonchev–Trinajstić information content (AvgIpc) is 2.73. The Morgan fingerprint density at radius 3 is 2.14 bits per heavy atom. The predicted octanol–water partition coefficient (Wildman–Crippen LogP) is 3.55. The quantitative estimate of drug-likeness (QED) is 0.776. The molecule has 0 aliphatic carbocycles. The van der Waals surface area contributed by atoms with Crippen molar-refractivity contribution in [3.63, 3.8) is 0 Å². The van der Waals surface area contributed by atoms with Crippen LogP contribution in [0.25, 0.3) is 0 Å². The van der Waals surface area contributed by atoms with E-state index in [4.69, 9.17) is 10.5 Å². The highest BCUT2D eigenvalue weighted by molar-refractivity contribution is 5.98. The summed E-state index contributed by atoms with van der Waals surface area (Å²) in [5, 5.41) is 0. The summed E-state index contributed by atoms with van der Waals surface area (Å²) in [7, 11) is 1.60. The first kappa shape index (κ1) is 21.9. The largest absolute Gasteiger partial charge is 0.497 e. The molecular weight excluding hydrogens is 376 g/mol. The molecule has 0 bridgehead atoms. The molecule has 0 saturated carbocycles. The molecule has 0 radical (unpaired) electrons. The van der Waals surface area contributed by atoms with Crippen molar-refractivity contribution in [2.45, 2.75) is 25.8 Å². The van der Waals surface area contributed by atoms with Crippen LogP contribution in [0.3, 0.4) is 0 Å². The maximum Gasteiger partial charge on any atom is 0.244 e. The molecule has 1 atom stereocenters. The summed E-state index contributed by atoms with van der Waals surface area (Å²) in [6.45, 7) is 3.12. The maximum absolute atomic E-state index is 12.7. The van der Waals surface area contributed by atoms with Gasteiger partial charge in [0.2, 0.25) is 5.91 Å². The van der Waals surface area contributed by atoms with Crippen molar-refractivity contribution in [1.82, 2.24) is 4.90 Å². The highest BCUT2D eigenvalue weighted by Gasteiger charge is 2.30. The normalized spacial score (nSPS) is 15.5. The molecule has 1 unspecified atom stereocenters. The topological polar surface area (TPSA) is 72.6 Å². The number of hydrogen-bond donors (Lipinski definition) is 1. The van der Waals surface area contributed by atoms with Crippen LogP contribution in [0.5, 0.6) is 5.75 Å². The van der Waals surface area contributed by atoms with Crippen LogP contribution in [0.15, 0.2) is 48.5 Å². The molecule has 1 aliphatic heterocycles. The third-order valence-electron chi connectivity index (χ3n) is 5.25. The predicted molar refractivity (Wildman–Crippen MR) is 112 cm³/mol. The molecule has 1 heterocycles. The zero-order valence-electron chi connectivity index (χ0n) is 16.3. The van der Waals surface area contributed by atoms with Crippen molar-refractivity contribution >= 4 is 24.1 Å². The molecule has 28 heavy (non-hydrogen) atoms. The van der Waals surface area contributed by atoms with Crippen LogP contribution in [0.2, 0.25) is 0 Å². The minimum atomic E-state index is -0.653. The summed E-state index contributed by atoms with van der Waals surface area (Å²) in [4.78, 5) is 27.2. The van der Waals surface area contributed by atoms with Crippen LogP contribution >= 0.6 is 12.4 Å². The number of benzene rings is 2. The van der Waals surface area contributed by atoms with E-state index in [0.29, 0.717) is 31.5 Å². The van der Waals surface area contributed by atoms with Gasteiger partial charge in [-0.05, 0) is 49.6 Å². The molecule has 2 aromatic carbocycles. The number of piperidine rings is 1. The van der Waals surface area contributed by atoms with Crippen LogP contribution in [0, 0.1) is 12.8 Å². The second-order valence-electron chi connectivity index (χ2n) is 7.08. The van der Waals surface area contributed by atoms with Gasteiger partial charge < -0.3 is 15.4 Å². The van der Waals surface area contributed by atoms with Crippen molar-refractivity contribution < 1.29 is 14.3 Å². The fourth-order valence-corrected chi connectivity index (χ4v) is 3.47. The van der Waals surface area contributed by atoms with E-state index in [1.54, 1.807) is 36.3 Å². The van der Waals surface area contributed by atoms with Crippen molar-refractivity contribution in [3.8, 4) is 5.75 Å². The number of nitrogens with zero attached hydrogens (tertiary/aromatic N) is 1. The summed E-state index contributed by atoms with van der Waals surface area (Å²) < 4.78 is 5.13. The molecule has 150 valence electrons. The molecule has 3 rings (SSSR count). The number of ether oxygens (including phenoxy) is 1. The number of halogens is 1. The molecule has 1 fully saturated rings. The summed E-state index contributed by atoms with van der Waals surface area (Å²) in [6, 6.07) is 14.3. The van der Waals surface area contributed by atoms with E-state index < -0.39 is 6.04 Å². The van der Waals surface area contributed by atoms with Gasteiger partial charge in [-0.2, -0.15) is 0 Å². The van der Waals surface area contributed by atoms with Gasteiger partial charge in [0.05, 0.1) is 7.11 Å². The van der Waals surface area contributed by atoms with Crippen LogP contribution in [-0.4, -0.2) is 36.8 Å². The number of hydrogen-bond acceptors (Lipinski definition) is 4. The van der Waals surface area contributed by atoms with Gasteiger partial charge in [-0.3, -0.25) is 9.59 Å². The van der Waals surface area contributed by atoms with Crippen LogP contribution in [0.4, 0.5) is 0 Å². The Hall–Kier alpha value is -2.37. The van der Waals surface area contributed by atoms with Crippen LogP contribution in [-0.2, 0) is 4.79 Å². The summed E-state index contributed by atoms with van der Waals surface area (Å²) in [6.07, 6.45) is 1.33. The van der Waals surface area contributed by atoms with Gasteiger partial charge in [0.1, 0.15) is 11.8 Å². The first-order valence-electron chi connectivity index (χ1n) is 9.29. The van der Waals surface area contributed by atoms with Gasteiger partial charge >= 0.3 is 0 Å². The van der Waals surface area contributed by atoms with E-state index in [2.05, 4.69) is 0 Å². The molecule has 1 saturated heterocycles. The molecule has 1 amide bonds. The molecule has 0 aromatic heterocycles. The van der Waals surface area contributed by atoms with Crippen molar-refractivity contribution in [3.05, 3.63) is 65.2 Å². The zero-order valence-corrected chi connectivity index (χ0v) is 17.1. The third kappa shape index (κ3) is 4.91. The summed E-state index contributed by atoms with van der Waals surface area (Å²) in [5.74, 6) is 0.733. The third-order valence-corrected chi connectivity index (χ3v) is 5.25. The van der Waals surface area contributed by atoms with Gasteiger partial charge in [-0.25, -0.2) is 0 Å².